The Morgan fingerprint density at radius 1 is 1.16 bits per heavy atom. The summed E-state index contributed by atoms with van der Waals surface area (Å²) in [5.74, 6) is -0.330. The van der Waals surface area contributed by atoms with Gasteiger partial charge in [0.15, 0.2) is 0 Å². The van der Waals surface area contributed by atoms with Crippen LogP contribution in [0.3, 0.4) is 0 Å². The van der Waals surface area contributed by atoms with Crippen LogP contribution < -0.4 is 4.90 Å². The first-order chi connectivity index (χ1) is 15.0. The van der Waals surface area contributed by atoms with E-state index < -0.39 is 0 Å². The first kappa shape index (κ1) is 21.2. The molecule has 1 aromatic heterocycles. The smallest absolute Gasteiger partial charge is 0.228 e. The fraction of sp³-hybridized carbons (Fsp3) is 0.292. The molecule has 0 radical (unpaired) electrons. The summed E-state index contributed by atoms with van der Waals surface area (Å²) >= 11 is 1.64. The summed E-state index contributed by atoms with van der Waals surface area (Å²) in [6.07, 6.45) is 6.03. The highest BCUT2D eigenvalue weighted by atomic mass is 32.2. The molecule has 0 spiro atoms. The molecule has 1 aliphatic heterocycles. The van der Waals surface area contributed by atoms with Gasteiger partial charge in [0.1, 0.15) is 0 Å². The second-order valence-electron chi connectivity index (χ2n) is 7.83. The van der Waals surface area contributed by atoms with Crippen molar-refractivity contribution in [1.82, 2.24) is 14.7 Å². The van der Waals surface area contributed by atoms with E-state index in [0.29, 0.717) is 19.6 Å². The molecule has 2 aromatic carbocycles. The van der Waals surface area contributed by atoms with Crippen LogP contribution in [0.25, 0.3) is 0 Å². The maximum absolute atomic E-state index is 13.0. The van der Waals surface area contributed by atoms with Gasteiger partial charge in [0.05, 0.1) is 18.7 Å². The van der Waals surface area contributed by atoms with Crippen molar-refractivity contribution in [3.63, 3.8) is 0 Å². The third-order valence-electron chi connectivity index (χ3n) is 5.51. The van der Waals surface area contributed by atoms with Gasteiger partial charge in [0.2, 0.25) is 11.8 Å². The molecule has 0 unspecified atom stereocenters. The highest BCUT2D eigenvalue weighted by Crippen LogP contribution is 2.29. The van der Waals surface area contributed by atoms with Gasteiger partial charge in [-0.15, -0.1) is 11.8 Å². The Labute approximate surface area is 186 Å². The van der Waals surface area contributed by atoms with Crippen LogP contribution in [0.15, 0.2) is 71.9 Å². The number of carbonyl (C=O) groups excluding carboxylic acids is 2. The van der Waals surface area contributed by atoms with Crippen molar-refractivity contribution in [2.45, 2.75) is 24.4 Å². The van der Waals surface area contributed by atoms with Crippen molar-refractivity contribution in [1.29, 1.82) is 0 Å². The van der Waals surface area contributed by atoms with E-state index in [1.807, 2.05) is 59.6 Å². The molecule has 160 valence electrons. The van der Waals surface area contributed by atoms with Gasteiger partial charge in [-0.05, 0) is 30.0 Å². The molecule has 7 heteroatoms. The zero-order valence-electron chi connectivity index (χ0n) is 17.8. The van der Waals surface area contributed by atoms with Gasteiger partial charge in [-0.2, -0.15) is 5.10 Å². The van der Waals surface area contributed by atoms with E-state index in [1.165, 1.54) is 5.56 Å². The number of hydrogen-bond donors (Lipinski definition) is 0. The van der Waals surface area contributed by atoms with Gasteiger partial charge in [0, 0.05) is 48.9 Å². The lowest BCUT2D eigenvalue weighted by molar-refractivity contribution is -0.135. The number of nitrogens with zero attached hydrogens (tertiary/aromatic N) is 4. The molecule has 1 atom stereocenters. The quantitative estimate of drug-likeness (QED) is 0.533. The van der Waals surface area contributed by atoms with Crippen molar-refractivity contribution in [3.05, 3.63) is 78.1 Å². The lowest BCUT2D eigenvalue weighted by atomic mass is 10.1. The number of hydrogen-bond acceptors (Lipinski definition) is 4. The second-order valence-corrected chi connectivity index (χ2v) is 8.71. The molecule has 6 nitrogen and oxygen atoms in total. The molecule has 31 heavy (non-hydrogen) atoms. The van der Waals surface area contributed by atoms with Crippen molar-refractivity contribution >= 4 is 29.3 Å². The number of thioether (sulfide) groups is 1. The SMILES string of the molecule is CSc1cccc(N2C[C@H](C(=O)N(C)Cc3cnn(Cc4ccccc4)c3)CC2=O)c1. The summed E-state index contributed by atoms with van der Waals surface area (Å²) in [7, 11) is 1.79. The van der Waals surface area contributed by atoms with Crippen LogP contribution in [-0.2, 0) is 22.7 Å². The van der Waals surface area contributed by atoms with Crippen molar-refractivity contribution < 1.29 is 9.59 Å². The van der Waals surface area contributed by atoms with Crippen LogP contribution in [0.5, 0.6) is 0 Å². The summed E-state index contributed by atoms with van der Waals surface area (Å²) < 4.78 is 1.88. The van der Waals surface area contributed by atoms with Gasteiger partial charge in [0.25, 0.3) is 0 Å². The normalized spacial score (nSPS) is 16.0. The van der Waals surface area contributed by atoms with Gasteiger partial charge >= 0.3 is 0 Å². The Bertz CT molecular complexity index is 1070. The highest BCUT2D eigenvalue weighted by molar-refractivity contribution is 7.98. The molecular formula is C24H26N4O2S. The van der Waals surface area contributed by atoms with Gasteiger partial charge in [-0.1, -0.05) is 36.4 Å². The minimum absolute atomic E-state index is 0.000633. The monoisotopic (exact) mass is 434 g/mol. The highest BCUT2D eigenvalue weighted by Gasteiger charge is 2.36. The lowest BCUT2D eigenvalue weighted by Crippen LogP contribution is -2.34. The second kappa shape index (κ2) is 9.39. The molecule has 2 heterocycles. The fourth-order valence-electron chi connectivity index (χ4n) is 3.91. The lowest BCUT2D eigenvalue weighted by Gasteiger charge is -2.21. The molecule has 0 bridgehead atoms. The van der Waals surface area contributed by atoms with E-state index in [0.717, 1.165) is 16.1 Å². The van der Waals surface area contributed by atoms with E-state index >= 15 is 0 Å². The third-order valence-corrected chi connectivity index (χ3v) is 6.23. The average Bonchev–Trinajstić information content (AvgIpc) is 3.40. The fourth-order valence-corrected chi connectivity index (χ4v) is 4.36. The zero-order chi connectivity index (χ0) is 21.8. The Kier molecular flexibility index (Phi) is 6.42. The molecule has 1 saturated heterocycles. The number of benzene rings is 2. The molecule has 1 aliphatic rings. The van der Waals surface area contributed by atoms with Crippen LogP contribution in [0.4, 0.5) is 5.69 Å². The Morgan fingerprint density at radius 2 is 1.97 bits per heavy atom. The van der Waals surface area contributed by atoms with Crippen LogP contribution in [-0.4, -0.2) is 46.3 Å². The standard InChI is InChI=1S/C24H26N4O2S/c1-26(14-19-13-25-27(16-19)15-18-7-4-3-5-8-18)24(30)20-11-23(29)28(17-20)21-9-6-10-22(12-21)31-2/h3-10,12-13,16,20H,11,14-15,17H2,1-2H3/t20-/m1/s1. The summed E-state index contributed by atoms with van der Waals surface area (Å²) in [5, 5.41) is 4.42. The summed E-state index contributed by atoms with van der Waals surface area (Å²) in [4.78, 5) is 30.1. The topological polar surface area (TPSA) is 58.4 Å². The van der Waals surface area contributed by atoms with Crippen molar-refractivity contribution in [2.24, 2.45) is 5.92 Å². The molecule has 2 amide bonds. The first-order valence-corrected chi connectivity index (χ1v) is 11.5. The summed E-state index contributed by atoms with van der Waals surface area (Å²) in [6, 6.07) is 18.0. The number of anilines is 1. The summed E-state index contributed by atoms with van der Waals surface area (Å²) in [6.45, 7) is 1.59. The number of aromatic nitrogens is 2. The average molecular weight is 435 g/mol. The van der Waals surface area contributed by atoms with Crippen LogP contribution in [0.2, 0.25) is 0 Å². The Hall–Kier alpha value is -3.06. The van der Waals surface area contributed by atoms with E-state index in [1.54, 1.807) is 34.8 Å². The molecule has 0 aliphatic carbocycles. The van der Waals surface area contributed by atoms with Gasteiger partial charge in [-0.25, -0.2) is 0 Å². The minimum Gasteiger partial charge on any atom is -0.341 e. The van der Waals surface area contributed by atoms with Crippen molar-refractivity contribution in [3.8, 4) is 0 Å². The first-order valence-electron chi connectivity index (χ1n) is 10.3. The molecule has 0 N–H and O–H groups in total. The maximum atomic E-state index is 13.0. The molecule has 0 saturated carbocycles. The van der Waals surface area contributed by atoms with Gasteiger partial charge in [-0.3, -0.25) is 14.3 Å². The van der Waals surface area contributed by atoms with E-state index in [4.69, 9.17) is 0 Å². The van der Waals surface area contributed by atoms with Gasteiger partial charge < -0.3 is 9.80 Å². The predicted octanol–water partition coefficient (Wildman–Crippen LogP) is 3.66. The minimum atomic E-state index is -0.324. The molecule has 3 aromatic rings. The molecular weight excluding hydrogens is 408 g/mol. The molecule has 1 fully saturated rings. The maximum Gasteiger partial charge on any atom is 0.228 e. The van der Waals surface area contributed by atoms with E-state index in [9.17, 15) is 9.59 Å². The van der Waals surface area contributed by atoms with Crippen molar-refractivity contribution in [2.75, 3.05) is 24.7 Å². The van der Waals surface area contributed by atoms with Crippen LogP contribution >= 0.6 is 11.8 Å². The Morgan fingerprint density at radius 3 is 2.74 bits per heavy atom. The summed E-state index contributed by atoms with van der Waals surface area (Å²) in [5.41, 5.74) is 3.01. The van der Waals surface area contributed by atoms with E-state index in [2.05, 4.69) is 17.2 Å². The van der Waals surface area contributed by atoms with Crippen LogP contribution in [0, 0.1) is 5.92 Å². The number of carbonyl (C=O) groups is 2. The number of amides is 2. The zero-order valence-corrected chi connectivity index (χ0v) is 18.6. The number of rotatable bonds is 7. The van der Waals surface area contributed by atoms with E-state index in [-0.39, 0.29) is 24.2 Å². The Balaban J connectivity index is 1.37. The van der Waals surface area contributed by atoms with Crippen LogP contribution in [0.1, 0.15) is 17.5 Å². The third kappa shape index (κ3) is 4.99. The predicted molar refractivity (Wildman–Crippen MR) is 123 cm³/mol. The molecule has 4 rings (SSSR count). The largest absolute Gasteiger partial charge is 0.341 e.